The second-order valence-corrected chi connectivity index (χ2v) is 4.67. The lowest BCUT2D eigenvalue weighted by atomic mass is 10.2. The Morgan fingerprint density at radius 1 is 1.40 bits per heavy atom. The van der Waals surface area contributed by atoms with Gasteiger partial charge >= 0.3 is 5.97 Å². The number of thiazole rings is 1. The number of carbonyl (C=O) groups is 1. The minimum atomic E-state index is -0.890. The SMILES string of the molecule is CON=NC(C(=O)OCc1ccccc1)c1nccs1. The Morgan fingerprint density at radius 3 is 2.85 bits per heavy atom. The molecular formula is C13H13N3O3S. The van der Waals surface area contributed by atoms with Gasteiger partial charge in [0.05, 0.1) is 0 Å². The maximum absolute atomic E-state index is 12.1. The van der Waals surface area contributed by atoms with Gasteiger partial charge in [-0.3, -0.25) is 0 Å². The van der Waals surface area contributed by atoms with E-state index >= 15 is 0 Å². The molecule has 6 nitrogen and oxygen atoms in total. The first kappa shape index (κ1) is 14.1. The zero-order valence-electron chi connectivity index (χ0n) is 10.8. The van der Waals surface area contributed by atoms with Gasteiger partial charge in [0, 0.05) is 16.9 Å². The van der Waals surface area contributed by atoms with E-state index in [4.69, 9.17) is 4.74 Å². The molecule has 0 fully saturated rings. The Hall–Kier alpha value is -2.28. The summed E-state index contributed by atoms with van der Waals surface area (Å²) in [5, 5.41) is 9.44. The summed E-state index contributed by atoms with van der Waals surface area (Å²) in [7, 11) is 1.36. The van der Waals surface area contributed by atoms with Crippen molar-refractivity contribution in [2.24, 2.45) is 10.4 Å². The highest BCUT2D eigenvalue weighted by Crippen LogP contribution is 2.22. The number of nitrogens with zero attached hydrogens (tertiary/aromatic N) is 3. The summed E-state index contributed by atoms with van der Waals surface area (Å²) >= 11 is 1.31. The van der Waals surface area contributed by atoms with E-state index < -0.39 is 12.0 Å². The number of ether oxygens (including phenoxy) is 1. The number of rotatable bonds is 6. The lowest BCUT2D eigenvalue weighted by Gasteiger charge is -2.08. The summed E-state index contributed by atoms with van der Waals surface area (Å²) in [6.07, 6.45) is 1.60. The van der Waals surface area contributed by atoms with Gasteiger partial charge in [0.2, 0.25) is 6.04 Å². The van der Waals surface area contributed by atoms with Gasteiger partial charge in [-0.05, 0) is 5.56 Å². The van der Waals surface area contributed by atoms with Crippen LogP contribution in [-0.2, 0) is 21.0 Å². The van der Waals surface area contributed by atoms with Crippen LogP contribution in [0.25, 0.3) is 0 Å². The average molecular weight is 291 g/mol. The number of benzene rings is 1. The van der Waals surface area contributed by atoms with Crippen LogP contribution in [0.3, 0.4) is 0 Å². The van der Waals surface area contributed by atoms with Gasteiger partial charge in [-0.15, -0.1) is 16.5 Å². The lowest BCUT2D eigenvalue weighted by molar-refractivity contribution is -0.147. The van der Waals surface area contributed by atoms with Gasteiger partial charge in [-0.2, -0.15) is 0 Å². The van der Waals surface area contributed by atoms with Gasteiger partial charge < -0.3 is 9.57 Å². The monoisotopic (exact) mass is 291 g/mol. The largest absolute Gasteiger partial charge is 0.459 e. The van der Waals surface area contributed by atoms with E-state index in [0.717, 1.165) is 5.56 Å². The number of hydrogen-bond donors (Lipinski definition) is 0. The third kappa shape index (κ3) is 3.86. The van der Waals surface area contributed by atoms with E-state index in [0.29, 0.717) is 5.01 Å². The van der Waals surface area contributed by atoms with E-state index in [9.17, 15) is 4.79 Å². The van der Waals surface area contributed by atoms with Crippen LogP contribution < -0.4 is 0 Å². The van der Waals surface area contributed by atoms with Gasteiger partial charge in [-0.25, -0.2) is 9.78 Å². The number of esters is 1. The third-order valence-electron chi connectivity index (χ3n) is 2.38. The number of aromatic nitrogens is 1. The van der Waals surface area contributed by atoms with Crippen LogP contribution in [0.5, 0.6) is 0 Å². The van der Waals surface area contributed by atoms with Crippen molar-refractivity contribution in [2.75, 3.05) is 7.11 Å². The van der Waals surface area contributed by atoms with Gasteiger partial charge in [0.15, 0.2) is 0 Å². The molecule has 0 saturated heterocycles. The van der Waals surface area contributed by atoms with Gasteiger partial charge in [0.25, 0.3) is 0 Å². The van der Waals surface area contributed by atoms with Gasteiger partial charge in [0.1, 0.15) is 18.7 Å². The van der Waals surface area contributed by atoms with Crippen LogP contribution in [0, 0.1) is 0 Å². The van der Waals surface area contributed by atoms with Gasteiger partial charge in [-0.1, -0.05) is 30.3 Å². The van der Waals surface area contributed by atoms with Crippen molar-refractivity contribution in [2.45, 2.75) is 12.6 Å². The van der Waals surface area contributed by atoms with Crippen LogP contribution in [-0.4, -0.2) is 18.1 Å². The average Bonchev–Trinajstić information content (AvgIpc) is 3.01. The lowest BCUT2D eigenvalue weighted by Crippen LogP contribution is -2.14. The van der Waals surface area contributed by atoms with Crippen LogP contribution >= 0.6 is 11.3 Å². The number of carbonyl (C=O) groups excluding carboxylic acids is 1. The molecule has 1 atom stereocenters. The van der Waals surface area contributed by atoms with E-state index in [1.54, 1.807) is 11.6 Å². The molecule has 0 radical (unpaired) electrons. The molecule has 20 heavy (non-hydrogen) atoms. The molecular weight excluding hydrogens is 278 g/mol. The summed E-state index contributed by atoms with van der Waals surface area (Å²) < 4.78 is 5.23. The first-order chi connectivity index (χ1) is 9.81. The van der Waals surface area contributed by atoms with Crippen molar-refractivity contribution in [1.82, 2.24) is 4.98 Å². The fraction of sp³-hybridized carbons (Fsp3) is 0.231. The molecule has 1 unspecified atom stereocenters. The predicted molar refractivity (Wildman–Crippen MR) is 73.0 cm³/mol. The van der Waals surface area contributed by atoms with Crippen LogP contribution in [0.15, 0.2) is 52.3 Å². The first-order valence-corrected chi connectivity index (χ1v) is 6.72. The summed E-state index contributed by atoms with van der Waals surface area (Å²) in [4.78, 5) is 20.6. The minimum Gasteiger partial charge on any atom is -0.459 e. The second kappa shape index (κ2) is 7.34. The fourth-order valence-electron chi connectivity index (χ4n) is 1.47. The molecule has 7 heteroatoms. The zero-order valence-corrected chi connectivity index (χ0v) is 11.6. The van der Waals surface area contributed by atoms with Crippen LogP contribution in [0.4, 0.5) is 0 Å². The highest BCUT2D eigenvalue weighted by molar-refractivity contribution is 7.09. The Kier molecular flexibility index (Phi) is 5.19. The standard InChI is InChI=1S/C13H13N3O3S/c1-18-16-15-11(12-14-7-8-20-12)13(17)19-9-10-5-3-2-4-6-10/h2-8,11H,9H2,1H3. The highest BCUT2D eigenvalue weighted by atomic mass is 32.1. The molecule has 0 aliphatic rings. The van der Waals surface area contributed by atoms with Crippen LogP contribution in [0.2, 0.25) is 0 Å². The van der Waals surface area contributed by atoms with Crippen molar-refractivity contribution in [3.05, 3.63) is 52.5 Å². The Labute approximate surface area is 120 Å². The van der Waals surface area contributed by atoms with Crippen molar-refractivity contribution in [3.8, 4) is 0 Å². The molecule has 0 amide bonds. The molecule has 104 valence electrons. The Balaban J connectivity index is 2.02. The molecule has 1 aromatic carbocycles. The predicted octanol–water partition coefficient (Wildman–Crippen LogP) is 2.94. The quantitative estimate of drug-likeness (QED) is 0.466. The highest BCUT2D eigenvalue weighted by Gasteiger charge is 2.25. The molecule has 0 spiro atoms. The van der Waals surface area contributed by atoms with E-state index in [1.165, 1.54) is 18.4 Å². The third-order valence-corrected chi connectivity index (χ3v) is 3.20. The molecule has 0 aliphatic carbocycles. The number of hydrogen-bond acceptors (Lipinski definition) is 7. The minimum absolute atomic E-state index is 0.185. The zero-order chi connectivity index (χ0) is 14.2. The normalized spacial score (nSPS) is 12.2. The maximum Gasteiger partial charge on any atom is 0.340 e. The summed E-state index contributed by atoms with van der Waals surface area (Å²) in [5.41, 5.74) is 0.905. The summed E-state index contributed by atoms with van der Waals surface area (Å²) in [6, 6.07) is 8.53. The van der Waals surface area contributed by atoms with Crippen molar-refractivity contribution in [3.63, 3.8) is 0 Å². The molecule has 0 N–H and O–H groups in total. The smallest absolute Gasteiger partial charge is 0.340 e. The molecule has 0 aliphatic heterocycles. The van der Waals surface area contributed by atoms with Crippen LogP contribution in [0.1, 0.15) is 16.6 Å². The van der Waals surface area contributed by atoms with E-state index in [1.807, 2.05) is 30.3 Å². The van der Waals surface area contributed by atoms with E-state index in [2.05, 4.69) is 20.2 Å². The Bertz CT molecular complexity index is 558. The van der Waals surface area contributed by atoms with Crippen molar-refractivity contribution in [1.29, 1.82) is 0 Å². The molecule has 1 heterocycles. The molecule has 0 saturated carbocycles. The summed E-state index contributed by atoms with van der Waals surface area (Å²) in [6.45, 7) is 0.185. The fourth-order valence-corrected chi connectivity index (χ4v) is 2.12. The van der Waals surface area contributed by atoms with Crippen molar-refractivity contribution < 1.29 is 14.4 Å². The molecule has 2 aromatic rings. The first-order valence-electron chi connectivity index (χ1n) is 5.84. The maximum atomic E-state index is 12.1. The summed E-state index contributed by atoms with van der Waals surface area (Å²) in [5.74, 6) is -0.510. The second-order valence-electron chi connectivity index (χ2n) is 3.75. The topological polar surface area (TPSA) is 73.1 Å². The van der Waals surface area contributed by atoms with Crippen molar-refractivity contribution >= 4 is 17.3 Å². The Morgan fingerprint density at radius 2 is 2.20 bits per heavy atom. The molecule has 2 rings (SSSR count). The molecule has 0 bridgehead atoms. The molecule has 1 aromatic heterocycles. The van der Waals surface area contributed by atoms with E-state index in [-0.39, 0.29) is 6.61 Å².